The molecule has 81 valence electrons. The molecule has 1 nitrogen and oxygen atoms in total. The van der Waals surface area contributed by atoms with Crippen molar-refractivity contribution in [3.05, 3.63) is 42.2 Å². The molecule has 2 heteroatoms. The van der Waals surface area contributed by atoms with E-state index in [-0.39, 0.29) is 5.82 Å². The maximum Gasteiger partial charge on any atom is 0.134 e. The molecule has 0 aliphatic rings. The van der Waals surface area contributed by atoms with Gasteiger partial charge in [-0.25, -0.2) is 4.39 Å². The van der Waals surface area contributed by atoms with Gasteiger partial charge in [-0.05, 0) is 25.0 Å². The molecule has 0 spiro atoms. The summed E-state index contributed by atoms with van der Waals surface area (Å²) in [5, 5.41) is 0. The van der Waals surface area contributed by atoms with E-state index in [9.17, 15) is 4.39 Å². The molecule has 0 amide bonds. The Morgan fingerprint density at radius 1 is 1.40 bits per heavy atom. The van der Waals surface area contributed by atoms with Crippen molar-refractivity contribution in [2.75, 3.05) is 6.61 Å². The van der Waals surface area contributed by atoms with E-state index in [4.69, 9.17) is 4.74 Å². The van der Waals surface area contributed by atoms with Crippen LogP contribution in [0.2, 0.25) is 0 Å². The second-order valence-corrected chi connectivity index (χ2v) is 3.27. The molecule has 1 radical (unpaired) electrons. The Hall–Kier alpha value is -1.31. The average molecular weight is 207 g/mol. The Morgan fingerprint density at radius 3 is 2.93 bits per heavy atom. The zero-order valence-electron chi connectivity index (χ0n) is 9.00. The Balaban J connectivity index is 2.20. The summed E-state index contributed by atoms with van der Waals surface area (Å²) in [5.41, 5.74) is 0. The number of allylic oxidation sites excluding steroid dienone is 1. The molecule has 0 aliphatic heterocycles. The molecule has 1 aromatic rings. The lowest BCUT2D eigenvalue weighted by Crippen LogP contribution is -1.95. The number of hydrogen-bond donors (Lipinski definition) is 0. The van der Waals surface area contributed by atoms with E-state index >= 15 is 0 Å². The van der Waals surface area contributed by atoms with Crippen LogP contribution in [0.15, 0.2) is 30.4 Å². The average Bonchev–Trinajstić information content (AvgIpc) is 2.23. The van der Waals surface area contributed by atoms with E-state index in [1.165, 1.54) is 12.1 Å². The van der Waals surface area contributed by atoms with Gasteiger partial charge in [0.05, 0.1) is 6.61 Å². The van der Waals surface area contributed by atoms with Crippen LogP contribution in [0.25, 0.3) is 0 Å². The summed E-state index contributed by atoms with van der Waals surface area (Å²) in [6, 6.07) is 7.00. The first-order valence-corrected chi connectivity index (χ1v) is 5.28. The zero-order valence-corrected chi connectivity index (χ0v) is 9.00. The summed E-state index contributed by atoms with van der Waals surface area (Å²) in [6.07, 6.45) is 7.36. The van der Waals surface area contributed by atoms with E-state index in [2.05, 4.69) is 25.1 Å². The molecule has 15 heavy (non-hydrogen) atoms. The molecule has 0 saturated heterocycles. The van der Waals surface area contributed by atoms with E-state index in [0.717, 1.165) is 19.3 Å². The number of ether oxygens (including phenoxy) is 1. The van der Waals surface area contributed by atoms with Crippen molar-refractivity contribution in [1.82, 2.24) is 0 Å². The Kier molecular flexibility index (Phi) is 5.52. The number of halogens is 1. The first kappa shape index (κ1) is 11.8. The molecule has 0 unspecified atom stereocenters. The fourth-order valence-corrected chi connectivity index (χ4v) is 1.16. The van der Waals surface area contributed by atoms with Crippen LogP contribution in [0.4, 0.5) is 4.39 Å². The lowest BCUT2D eigenvalue weighted by Gasteiger charge is -2.03. The van der Waals surface area contributed by atoms with Crippen LogP contribution in [0.5, 0.6) is 5.75 Å². The van der Waals surface area contributed by atoms with Gasteiger partial charge in [0, 0.05) is 12.1 Å². The summed E-state index contributed by atoms with van der Waals surface area (Å²) >= 11 is 0. The van der Waals surface area contributed by atoms with Crippen molar-refractivity contribution in [3.8, 4) is 5.75 Å². The monoisotopic (exact) mass is 207 g/mol. The topological polar surface area (TPSA) is 9.23 Å². The summed E-state index contributed by atoms with van der Waals surface area (Å²) in [4.78, 5) is 0. The number of benzene rings is 1. The van der Waals surface area contributed by atoms with Gasteiger partial charge in [0.1, 0.15) is 11.6 Å². The largest absolute Gasteiger partial charge is 0.493 e. The van der Waals surface area contributed by atoms with E-state index < -0.39 is 0 Å². The van der Waals surface area contributed by atoms with E-state index in [1.807, 2.05) is 0 Å². The first-order valence-electron chi connectivity index (χ1n) is 5.28. The minimum atomic E-state index is -0.381. The molecule has 0 fully saturated rings. The highest BCUT2D eigenvalue weighted by molar-refractivity contribution is 5.21. The number of hydrogen-bond acceptors (Lipinski definition) is 1. The fourth-order valence-electron chi connectivity index (χ4n) is 1.16. The number of unbranched alkanes of at least 4 members (excludes halogenated alkanes) is 1. The lowest BCUT2D eigenvalue weighted by molar-refractivity contribution is 0.323. The molecule has 0 saturated carbocycles. The maximum absolute atomic E-state index is 12.7. The maximum atomic E-state index is 12.7. The van der Waals surface area contributed by atoms with Gasteiger partial charge in [-0.1, -0.05) is 25.5 Å². The van der Waals surface area contributed by atoms with E-state index in [1.54, 1.807) is 6.07 Å². The SMILES string of the molecule is CCC/C=C/CCOc1cc[c]c(F)c1. The quantitative estimate of drug-likeness (QED) is 0.510. The lowest BCUT2D eigenvalue weighted by atomic mass is 10.3. The third-order valence-electron chi connectivity index (χ3n) is 1.91. The van der Waals surface area contributed by atoms with Crippen LogP contribution >= 0.6 is 0 Å². The smallest absolute Gasteiger partial charge is 0.134 e. The molecular formula is C13H16FO. The van der Waals surface area contributed by atoms with Crippen LogP contribution in [0.3, 0.4) is 0 Å². The van der Waals surface area contributed by atoms with Gasteiger partial charge < -0.3 is 4.74 Å². The molecule has 1 rings (SSSR count). The second kappa shape index (κ2) is 7.04. The fraction of sp³-hybridized carbons (Fsp3) is 0.385. The third-order valence-corrected chi connectivity index (χ3v) is 1.91. The molecule has 0 heterocycles. The highest BCUT2D eigenvalue weighted by Crippen LogP contribution is 2.11. The molecule has 0 aliphatic carbocycles. The van der Waals surface area contributed by atoms with Gasteiger partial charge in [-0.15, -0.1) is 0 Å². The molecular weight excluding hydrogens is 191 g/mol. The predicted molar refractivity (Wildman–Crippen MR) is 59.4 cm³/mol. The van der Waals surface area contributed by atoms with Gasteiger partial charge in [0.25, 0.3) is 0 Å². The van der Waals surface area contributed by atoms with Crippen LogP contribution in [-0.4, -0.2) is 6.61 Å². The second-order valence-electron chi connectivity index (χ2n) is 3.27. The van der Waals surface area contributed by atoms with Crippen molar-refractivity contribution in [2.45, 2.75) is 26.2 Å². The van der Waals surface area contributed by atoms with Crippen LogP contribution in [0, 0.1) is 11.9 Å². The van der Waals surface area contributed by atoms with Crippen molar-refractivity contribution in [1.29, 1.82) is 0 Å². The molecule has 0 bridgehead atoms. The van der Waals surface area contributed by atoms with E-state index in [0.29, 0.717) is 12.4 Å². The first-order chi connectivity index (χ1) is 7.33. The van der Waals surface area contributed by atoms with Crippen LogP contribution in [-0.2, 0) is 0 Å². The predicted octanol–water partition coefficient (Wildman–Crippen LogP) is 3.75. The summed E-state index contributed by atoms with van der Waals surface area (Å²) in [6.45, 7) is 2.73. The zero-order chi connectivity index (χ0) is 10.9. The standard InChI is InChI=1S/C13H16FO/c1-2-3-4-5-6-10-15-13-9-7-8-12(14)11-13/h4-5,7,9,11H,2-3,6,10H2,1H3/b5-4+. The number of rotatable bonds is 6. The summed E-state index contributed by atoms with van der Waals surface area (Å²) < 4.78 is 18.0. The summed E-state index contributed by atoms with van der Waals surface area (Å²) in [7, 11) is 0. The van der Waals surface area contributed by atoms with Gasteiger partial charge in [-0.2, -0.15) is 0 Å². The minimum absolute atomic E-state index is 0.381. The van der Waals surface area contributed by atoms with Crippen molar-refractivity contribution >= 4 is 0 Å². The minimum Gasteiger partial charge on any atom is -0.493 e. The Morgan fingerprint density at radius 2 is 2.20 bits per heavy atom. The molecule has 0 aromatic heterocycles. The van der Waals surface area contributed by atoms with Crippen molar-refractivity contribution < 1.29 is 9.13 Å². The Bertz CT molecular complexity index is 307. The van der Waals surface area contributed by atoms with Gasteiger partial charge in [0.15, 0.2) is 0 Å². The molecule has 1 aromatic carbocycles. The van der Waals surface area contributed by atoms with Crippen molar-refractivity contribution in [2.24, 2.45) is 0 Å². The van der Waals surface area contributed by atoms with Crippen LogP contribution < -0.4 is 4.74 Å². The molecule has 0 N–H and O–H groups in total. The summed E-state index contributed by atoms with van der Waals surface area (Å²) in [5.74, 6) is 0.184. The normalized spacial score (nSPS) is 10.8. The Labute approximate surface area is 90.6 Å². The highest BCUT2D eigenvalue weighted by atomic mass is 19.1. The highest BCUT2D eigenvalue weighted by Gasteiger charge is 1.94. The van der Waals surface area contributed by atoms with Gasteiger partial charge in [0.2, 0.25) is 0 Å². The van der Waals surface area contributed by atoms with Crippen molar-refractivity contribution in [3.63, 3.8) is 0 Å². The third kappa shape index (κ3) is 5.21. The van der Waals surface area contributed by atoms with Gasteiger partial charge in [-0.3, -0.25) is 0 Å². The van der Waals surface area contributed by atoms with Gasteiger partial charge >= 0.3 is 0 Å². The molecule has 0 atom stereocenters. The van der Waals surface area contributed by atoms with Crippen LogP contribution in [0.1, 0.15) is 26.2 Å².